The molecule has 0 amide bonds. The molecule has 3 aromatic rings. The van der Waals surface area contributed by atoms with Crippen LogP contribution in [0.1, 0.15) is 18.9 Å². The van der Waals surface area contributed by atoms with Crippen LogP contribution in [0, 0.1) is 0 Å². The van der Waals surface area contributed by atoms with Crippen LogP contribution in [0.2, 0.25) is 0 Å². The number of aryl methyl sites for hydroxylation is 1. The summed E-state index contributed by atoms with van der Waals surface area (Å²) >= 11 is 0. The number of hydrogen-bond acceptors (Lipinski definition) is 1. The van der Waals surface area contributed by atoms with Crippen molar-refractivity contribution in [2.75, 3.05) is 0 Å². The van der Waals surface area contributed by atoms with Crippen LogP contribution in [-0.2, 0) is 22.1 Å². The Kier molecular flexibility index (Phi) is 5.50. The Morgan fingerprint density at radius 2 is 1.17 bits per heavy atom. The summed E-state index contributed by atoms with van der Waals surface area (Å²) in [6.07, 6.45) is 1.43. The predicted molar refractivity (Wildman–Crippen MR) is 100 cm³/mol. The highest BCUT2D eigenvalue weighted by Crippen LogP contribution is 2.31. The number of rotatable bonds is 6. The fraction of sp³-hybridized carbons (Fsp3) is 0.136. The Morgan fingerprint density at radius 3 is 1.62 bits per heavy atom. The normalized spacial score (nSPS) is 10.8. The summed E-state index contributed by atoms with van der Waals surface area (Å²) in [6, 6.07) is 30.0. The van der Waals surface area contributed by atoms with Gasteiger partial charge in [0.25, 0.3) is 0 Å². The van der Waals surface area contributed by atoms with Gasteiger partial charge in [0, 0.05) is 6.42 Å². The van der Waals surface area contributed by atoms with Gasteiger partial charge in [-0.25, -0.2) is 0 Å². The van der Waals surface area contributed by atoms with Crippen molar-refractivity contribution in [2.24, 2.45) is 0 Å². The third kappa shape index (κ3) is 4.15. The minimum atomic E-state index is -0.103. The first kappa shape index (κ1) is 16.5. The molecule has 0 fully saturated rings. The van der Waals surface area contributed by atoms with Crippen molar-refractivity contribution in [3.8, 4) is 0 Å². The van der Waals surface area contributed by atoms with Crippen LogP contribution in [0.4, 0.5) is 0 Å². The minimum Gasteiger partial charge on any atom is -0.300 e. The van der Waals surface area contributed by atoms with E-state index in [4.69, 9.17) is 0 Å². The summed E-state index contributed by atoms with van der Waals surface area (Å²) in [5.41, 5.74) is 1.22. The minimum absolute atomic E-state index is 0.103. The highest BCUT2D eigenvalue weighted by Gasteiger charge is 2.27. The molecule has 3 rings (SSSR count). The first-order chi connectivity index (χ1) is 11.7. The average Bonchev–Trinajstić information content (AvgIpc) is 2.63. The Morgan fingerprint density at radius 1 is 0.708 bits per heavy atom. The SMILES string of the molecule is CC(=O)CCc1ccc([S+](c2ccccc2)c2ccccc2)cc1. The molecule has 0 bridgehead atoms. The van der Waals surface area contributed by atoms with Crippen LogP contribution in [0.5, 0.6) is 0 Å². The average molecular weight is 333 g/mol. The largest absolute Gasteiger partial charge is 0.300 e. The van der Waals surface area contributed by atoms with E-state index in [1.807, 2.05) is 0 Å². The second-order valence-corrected chi connectivity index (χ2v) is 7.80. The molecule has 0 spiro atoms. The Hall–Kier alpha value is -2.32. The lowest BCUT2D eigenvalue weighted by Gasteiger charge is -2.08. The van der Waals surface area contributed by atoms with Gasteiger partial charge < -0.3 is 4.79 Å². The molecule has 120 valence electrons. The molecule has 0 aliphatic carbocycles. The van der Waals surface area contributed by atoms with Gasteiger partial charge in [-0.1, -0.05) is 48.5 Å². The number of hydrogen-bond donors (Lipinski definition) is 0. The van der Waals surface area contributed by atoms with Gasteiger partial charge in [0.2, 0.25) is 0 Å². The summed E-state index contributed by atoms with van der Waals surface area (Å²) in [6.45, 7) is 1.65. The van der Waals surface area contributed by atoms with Crippen molar-refractivity contribution < 1.29 is 4.79 Å². The van der Waals surface area contributed by atoms with Gasteiger partial charge in [-0.15, -0.1) is 0 Å². The van der Waals surface area contributed by atoms with E-state index in [1.165, 1.54) is 20.2 Å². The lowest BCUT2D eigenvalue weighted by atomic mass is 10.1. The molecule has 0 heterocycles. The summed E-state index contributed by atoms with van der Waals surface area (Å²) in [7, 11) is -0.103. The third-order valence-electron chi connectivity index (χ3n) is 3.88. The van der Waals surface area contributed by atoms with E-state index in [0.29, 0.717) is 6.42 Å². The summed E-state index contributed by atoms with van der Waals surface area (Å²) in [4.78, 5) is 15.1. The lowest BCUT2D eigenvalue weighted by molar-refractivity contribution is -0.116. The molecule has 0 saturated heterocycles. The monoisotopic (exact) mass is 333 g/mol. The topological polar surface area (TPSA) is 17.1 Å². The molecule has 0 aliphatic rings. The van der Waals surface area contributed by atoms with Crippen molar-refractivity contribution in [3.05, 3.63) is 90.5 Å². The molecule has 0 aliphatic heterocycles. The van der Waals surface area contributed by atoms with Crippen LogP contribution in [-0.4, -0.2) is 5.78 Å². The number of benzene rings is 3. The number of carbonyl (C=O) groups is 1. The second kappa shape index (κ2) is 7.98. The number of Topliss-reactive ketones (excluding diaryl/α,β-unsaturated/α-hetero) is 1. The predicted octanol–water partition coefficient (Wildman–Crippen LogP) is 5.30. The molecule has 0 atom stereocenters. The third-order valence-corrected chi connectivity index (χ3v) is 6.11. The highest BCUT2D eigenvalue weighted by atomic mass is 32.2. The Bertz CT molecular complexity index is 740. The van der Waals surface area contributed by atoms with Crippen molar-refractivity contribution in [1.82, 2.24) is 0 Å². The maximum Gasteiger partial charge on any atom is 0.166 e. The van der Waals surface area contributed by atoms with Gasteiger partial charge in [0.05, 0.1) is 10.9 Å². The van der Waals surface area contributed by atoms with Gasteiger partial charge in [-0.3, -0.25) is 0 Å². The maximum atomic E-state index is 11.2. The molecule has 0 unspecified atom stereocenters. The summed E-state index contributed by atoms with van der Waals surface area (Å²) < 4.78 is 0. The molecule has 1 nitrogen and oxygen atoms in total. The van der Waals surface area contributed by atoms with E-state index >= 15 is 0 Å². The van der Waals surface area contributed by atoms with Crippen LogP contribution in [0.3, 0.4) is 0 Å². The molecule has 0 N–H and O–H groups in total. The molecular formula is C22H21OS+. The van der Waals surface area contributed by atoms with E-state index in [2.05, 4.69) is 84.9 Å². The van der Waals surface area contributed by atoms with Gasteiger partial charge >= 0.3 is 0 Å². The van der Waals surface area contributed by atoms with Crippen LogP contribution in [0.15, 0.2) is 99.6 Å². The Balaban J connectivity index is 1.93. The maximum absolute atomic E-state index is 11.2. The molecule has 0 radical (unpaired) electrons. The van der Waals surface area contributed by atoms with Gasteiger partial charge in [-0.2, -0.15) is 0 Å². The van der Waals surface area contributed by atoms with Crippen LogP contribution >= 0.6 is 0 Å². The first-order valence-electron chi connectivity index (χ1n) is 8.17. The smallest absolute Gasteiger partial charge is 0.166 e. The lowest BCUT2D eigenvalue weighted by Crippen LogP contribution is -2.04. The van der Waals surface area contributed by atoms with Crippen molar-refractivity contribution in [3.63, 3.8) is 0 Å². The van der Waals surface area contributed by atoms with E-state index in [0.717, 1.165) is 6.42 Å². The van der Waals surface area contributed by atoms with E-state index in [1.54, 1.807) is 6.92 Å². The van der Waals surface area contributed by atoms with Crippen LogP contribution in [0.25, 0.3) is 0 Å². The zero-order chi connectivity index (χ0) is 16.8. The number of carbonyl (C=O) groups excluding carboxylic acids is 1. The molecule has 3 aromatic carbocycles. The first-order valence-corrected chi connectivity index (χ1v) is 9.39. The second-order valence-electron chi connectivity index (χ2n) is 5.78. The van der Waals surface area contributed by atoms with Crippen LogP contribution < -0.4 is 0 Å². The van der Waals surface area contributed by atoms with Crippen molar-refractivity contribution >= 4 is 16.7 Å². The molecular weight excluding hydrogens is 312 g/mol. The number of ketones is 1. The van der Waals surface area contributed by atoms with Crippen molar-refractivity contribution in [2.45, 2.75) is 34.5 Å². The van der Waals surface area contributed by atoms with E-state index in [9.17, 15) is 4.79 Å². The van der Waals surface area contributed by atoms with Gasteiger partial charge in [0.1, 0.15) is 5.78 Å². The fourth-order valence-electron chi connectivity index (χ4n) is 2.63. The fourth-order valence-corrected chi connectivity index (χ4v) is 4.72. The van der Waals surface area contributed by atoms with Crippen molar-refractivity contribution in [1.29, 1.82) is 0 Å². The molecule has 0 saturated carbocycles. The van der Waals surface area contributed by atoms with E-state index in [-0.39, 0.29) is 16.7 Å². The molecule has 0 aromatic heterocycles. The summed E-state index contributed by atoms with van der Waals surface area (Å²) in [5, 5.41) is 0. The zero-order valence-electron chi connectivity index (χ0n) is 13.8. The molecule has 2 heteroatoms. The Labute approximate surface area is 146 Å². The van der Waals surface area contributed by atoms with E-state index < -0.39 is 0 Å². The summed E-state index contributed by atoms with van der Waals surface area (Å²) in [5.74, 6) is 0.243. The molecule has 24 heavy (non-hydrogen) atoms. The highest BCUT2D eigenvalue weighted by molar-refractivity contribution is 7.97. The van der Waals surface area contributed by atoms with Gasteiger partial charge in [-0.05, 0) is 55.3 Å². The van der Waals surface area contributed by atoms with Gasteiger partial charge in [0.15, 0.2) is 14.7 Å². The quantitative estimate of drug-likeness (QED) is 0.559. The zero-order valence-corrected chi connectivity index (χ0v) is 14.6. The standard InChI is InChI=1S/C22H21OS/c1-18(23)12-13-19-14-16-22(17-15-19)24(20-8-4-2-5-9-20)21-10-6-3-7-11-21/h2-11,14-17H,12-13H2,1H3/q+1.